The molecule has 3 N–H and O–H groups in total. The second kappa shape index (κ2) is 9.15. The van der Waals surface area contributed by atoms with Gasteiger partial charge in [-0.3, -0.25) is 19.8 Å². The molecule has 38 heavy (non-hydrogen) atoms. The van der Waals surface area contributed by atoms with Gasteiger partial charge in [0.1, 0.15) is 5.82 Å². The van der Waals surface area contributed by atoms with Crippen LogP contribution in [0.4, 0.5) is 10.1 Å². The number of carbonyl (C=O) groups excluding carboxylic acids is 1. The van der Waals surface area contributed by atoms with Crippen LogP contribution in [-0.2, 0) is 11.3 Å². The molecule has 0 saturated heterocycles. The van der Waals surface area contributed by atoms with E-state index in [1.54, 1.807) is 16.8 Å². The van der Waals surface area contributed by atoms with Gasteiger partial charge in [0.25, 0.3) is 0 Å². The number of imidazole rings is 1. The number of amides is 1. The minimum atomic E-state index is -0.375. The predicted octanol–water partition coefficient (Wildman–Crippen LogP) is 5.91. The van der Waals surface area contributed by atoms with Crippen molar-refractivity contribution in [3.8, 4) is 16.9 Å². The van der Waals surface area contributed by atoms with Crippen molar-refractivity contribution >= 4 is 33.5 Å². The molecule has 0 aliphatic rings. The number of benzene rings is 3. The standard InChI is InChI=1S/C30H25FN6O/c1-18-6-9-27(35-19(2)38)24(14-18)26-10-8-22(16-34-26)37-29-15-21(31)7-11-28(29)36(30(37)32)17-20-4-3-5-25-23(20)12-13-33-25/h3-16,32-33H,17H2,1-2H3,(H,35,38). The van der Waals surface area contributed by atoms with Crippen molar-refractivity contribution in [3.63, 3.8) is 0 Å². The monoisotopic (exact) mass is 504 g/mol. The molecule has 0 bridgehead atoms. The summed E-state index contributed by atoms with van der Waals surface area (Å²) in [5.41, 5.74) is 7.47. The number of anilines is 1. The van der Waals surface area contributed by atoms with Crippen LogP contribution in [0.3, 0.4) is 0 Å². The first-order valence-electron chi connectivity index (χ1n) is 12.2. The zero-order valence-electron chi connectivity index (χ0n) is 20.9. The van der Waals surface area contributed by atoms with E-state index in [0.29, 0.717) is 29.1 Å². The Labute approximate surface area is 217 Å². The van der Waals surface area contributed by atoms with Crippen LogP contribution in [-0.4, -0.2) is 25.0 Å². The number of nitrogens with one attached hydrogen (secondary N) is 3. The molecule has 3 aromatic carbocycles. The molecule has 0 saturated carbocycles. The van der Waals surface area contributed by atoms with Crippen LogP contribution in [0.2, 0.25) is 0 Å². The van der Waals surface area contributed by atoms with Gasteiger partial charge in [0.05, 0.1) is 40.8 Å². The summed E-state index contributed by atoms with van der Waals surface area (Å²) >= 11 is 0. The Kier molecular flexibility index (Phi) is 5.64. The lowest BCUT2D eigenvalue weighted by Crippen LogP contribution is -2.24. The van der Waals surface area contributed by atoms with E-state index in [9.17, 15) is 9.18 Å². The molecule has 0 radical (unpaired) electrons. The van der Waals surface area contributed by atoms with Crippen molar-refractivity contribution in [2.45, 2.75) is 20.4 Å². The average molecular weight is 505 g/mol. The van der Waals surface area contributed by atoms with Gasteiger partial charge in [-0.2, -0.15) is 0 Å². The molecule has 1 amide bonds. The van der Waals surface area contributed by atoms with Crippen molar-refractivity contribution in [3.05, 3.63) is 108 Å². The lowest BCUT2D eigenvalue weighted by molar-refractivity contribution is -0.114. The number of carbonyl (C=O) groups is 1. The van der Waals surface area contributed by atoms with Crippen molar-refractivity contribution in [2.75, 3.05) is 5.32 Å². The van der Waals surface area contributed by atoms with Crippen LogP contribution < -0.4 is 10.9 Å². The van der Waals surface area contributed by atoms with Gasteiger partial charge in [-0.1, -0.05) is 23.8 Å². The Morgan fingerprint density at radius 1 is 1.05 bits per heavy atom. The van der Waals surface area contributed by atoms with Crippen molar-refractivity contribution < 1.29 is 9.18 Å². The Morgan fingerprint density at radius 2 is 1.92 bits per heavy atom. The maximum Gasteiger partial charge on any atom is 0.221 e. The highest BCUT2D eigenvalue weighted by Crippen LogP contribution is 2.29. The molecule has 0 atom stereocenters. The number of hydrogen-bond acceptors (Lipinski definition) is 3. The van der Waals surface area contributed by atoms with E-state index in [2.05, 4.69) is 15.3 Å². The summed E-state index contributed by atoms with van der Waals surface area (Å²) in [6, 6.07) is 22.1. The van der Waals surface area contributed by atoms with E-state index >= 15 is 0 Å². The Hall–Kier alpha value is -4.98. The van der Waals surface area contributed by atoms with Gasteiger partial charge in [-0.25, -0.2) is 4.39 Å². The summed E-state index contributed by atoms with van der Waals surface area (Å²) < 4.78 is 18.0. The minimum Gasteiger partial charge on any atom is -0.361 e. The first-order chi connectivity index (χ1) is 18.4. The van der Waals surface area contributed by atoms with Gasteiger partial charge in [0.2, 0.25) is 11.5 Å². The van der Waals surface area contributed by atoms with Crippen LogP contribution in [0.15, 0.2) is 85.2 Å². The maximum atomic E-state index is 14.4. The second-order valence-electron chi connectivity index (χ2n) is 9.37. The smallest absolute Gasteiger partial charge is 0.221 e. The lowest BCUT2D eigenvalue weighted by atomic mass is 10.1. The SMILES string of the molecule is CC(=O)Nc1ccc(C)cc1-c1ccc(-n2c(=N)n(Cc3cccc4[nH]ccc34)c3ccc(F)cc32)cn1. The summed E-state index contributed by atoms with van der Waals surface area (Å²) in [6.07, 6.45) is 3.58. The first-order valence-corrected chi connectivity index (χ1v) is 12.2. The molecule has 0 fully saturated rings. The van der Waals surface area contributed by atoms with Gasteiger partial charge >= 0.3 is 0 Å². The summed E-state index contributed by atoms with van der Waals surface area (Å²) in [6.45, 7) is 3.91. The topological polar surface area (TPSA) is 91.5 Å². The number of fused-ring (bicyclic) bond motifs is 2. The molecule has 0 spiro atoms. The maximum absolute atomic E-state index is 14.4. The molecule has 0 aliphatic carbocycles. The van der Waals surface area contributed by atoms with E-state index in [-0.39, 0.29) is 17.3 Å². The van der Waals surface area contributed by atoms with Crippen molar-refractivity contribution in [1.29, 1.82) is 5.41 Å². The van der Waals surface area contributed by atoms with Crippen LogP contribution in [0.25, 0.3) is 38.9 Å². The third-order valence-electron chi connectivity index (χ3n) is 6.72. The highest BCUT2D eigenvalue weighted by molar-refractivity contribution is 5.93. The predicted molar refractivity (Wildman–Crippen MR) is 147 cm³/mol. The molecule has 188 valence electrons. The summed E-state index contributed by atoms with van der Waals surface area (Å²) in [5.74, 6) is -0.535. The fraction of sp³-hybridized carbons (Fsp3) is 0.100. The third-order valence-corrected chi connectivity index (χ3v) is 6.72. The van der Waals surface area contributed by atoms with E-state index in [1.165, 1.54) is 19.1 Å². The lowest BCUT2D eigenvalue weighted by Gasteiger charge is -2.12. The zero-order valence-corrected chi connectivity index (χ0v) is 20.9. The van der Waals surface area contributed by atoms with Crippen LogP contribution in [0, 0.1) is 18.2 Å². The van der Waals surface area contributed by atoms with Crippen LogP contribution in [0.1, 0.15) is 18.1 Å². The molecule has 6 aromatic rings. The van der Waals surface area contributed by atoms with Gasteiger partial charge in [-0.15, -0.1) is 0 Å². The van der Waals surface area contributed by atoms with Gasteiger partial charge in [0.15, 0.2) is 0 Å². The number of rotatable bonds is 5. The zero-order chi connectivity index (χ0) is 26.4. The normalized spacial score (nSPS) is 11.3. The van der Waals surface area contributed by atoms with Gasteiger partial charge in [0, 0.05) is 35.7 Å². The number of nitrogens with zero attached hydrogens (tertiary/aromatic N) is 3. The number of hydrogen-bond donors (Lipinski definition) is 3. The highest BCUT2D eigenvalue weighted by Gasteiger charge is 2.16. The highest BCUT2D eigenvalue weighted by atomic mass is 19.1. The first kappa shape index (κ1) is 23.4. The van der Waals surface area contributed by atoms with Gasteiger partial charge < -0.3 is 14.9 Å². The molecular weight excluding hydrogens is 479 g/mol. The van der Waals surface area contributed by atoms with E-state index in [1.807, 2.05) is 72.3 Å². The Balaban J connectivity index is 1.46. The Bertz CT molecular complexity index is 1890. The third kappa shape index (κ3) is 4.06. The number of H-pyrrole nitrogens is 1. The number of pyridine rings is 1. The summed E-state index contributed by atoms with van der Waals surface area (Å²) in [5, 5.41) is 13.0. The second-order valence-corrected chi connectivity index (χ2v) is 9.37. The van der Waals surface area contributed by atoms with Crippen molar-refractivity contribution in [2.24, 2.45) is 0 Å². The number of halogens is 1. The molecule has 0 unspecified atom stereocenters. The van der Waals surface area contributed by atoms with E-state index in [4.69, 9.17) is 5.41 Å². The molecular formula is C30H25FN6O. The largest absolute Gasteiger partial charge is 0.361 e. The molecule has 7 nitrogen and oxygen atoms in total. The number of aryl methyl sites for hydroxylation is 1. The molecule has 3 aromatic heterocycles. The molecule has 3 heterocycles. The van der Waals surface area contributed by atoms with E-state index in [0.717, 1.165) is 33.1 Å². The molecule has 6 rings (SSSR count). The quantitative estimate of drug-likeness (QED) is 0.272. The van der Waals surface area contributed by atoms with Crippen molar-refractivity contribution in [1.82, 2.24) is 19.1 Å². The summed E-state index contributed by atoms with van der Waals surface area (Å²) in [4.78, 5) is 19.6. The fourth-order valence-electron chi connectivity index (χ4n) is 4.98. The number of aromatic nitrogens is 4. The van der Waals surface area contributed by atoms with Crippen LogP contribution in [0.5, 0.6) is 0 Å². The molecule has 8 heteroatoms. The summed E-state index contributed by atoms with van der Waals surface area (Å²) in [7, 11) is 0. The Morgan fingerprint density at radius 3 is 2.71 bits per heavy atom. The minimum absolute atomic E-state index is 0.161. The number of aromatic amines is 1. The fourth-order valence-corrected chi connectivity index (χ4v) is 4.98. The van der Waals surface area contributed by atoms with E-state index < -0.39 is 0 Å². The average Bonchev–Trinajstić information content (AvgIpc) is 3.48. The van der Waals surface area contributed by atoms with Gasteiger partial charge in [-0.05, 0) is 61.0 Å². The molecule has 0 aliphatic heterocycles. The van der Waals surface area contributed by atoms with Crippen LogP contribution >= 0.6 is 0 Å².